The van der Waals surface area contributed by atoms with Crippen molar-refractivity contribution in [3.05, 3.63) is 75.8 Å². The van der Waals surface area contributed by atoms with E-state index in [0.717, 1.165) is 16.1 Å². The van der Waals surface area contributed by atoms with Gasteiger partial charge in [-0.05, 0) is 29.8 Å². The van der Waals surface area contributed by atoms with Crippen LogP contribution in [0.3, 0.4) is 0 Å². The lowest BCUT2D eigenvalue weighted by molar-refractivity contribution is -0.120. The highest BCUT2D eigenvalue weighted by Crippen LogP contribution is 2.25. The first-order valence-corrected chi connectivity index (χ1v) is 9.06. The Kier molecular flexibility index (Phi) is 5.65. The Hall–Kier alpha value is -2.70. The summed E-state index contributed by atoms with van der Waals surface area (Å²) in [7, 11) is 0. The number of aromatic carboxylic acids is 1. The molecule has 0 saturated heterocycles. The summed E-state index contributed by atoms with van der Waals surface area (Å²) in [5, 5.41) is 15.1. The highest BCUT2D eigenvalue weighted by atomic mass is 35.5. The molecule has 2 N–H and O–H groups in total. The van der Waals surface area contributed by atoms with Crippen LogP contribution >= 0.6 is 22.9 Å². The molecule has 1 heterocycles. The van der Waals surface area contributed by atoms with Crippen LogP contribution in [0.2, 0.25) is 5.02 Å². The molecular weight excluding hydrogens is 372 g/mol. The second kappa shape index (κ2) is 8.12. The number of rotatable bonds is 6. The molecule has 0 bridgehead atoms. The molecule has 0 unspecified atom stereocenters. The van der Waals surface area contributed by atoms with Crippen LogP contribution in [0.1, 0.15) is 21.6 Å². The molecule has 7 heteroatoms. The molecule has 3 aromatic rings. The fraction of sp³-hybridized carbons (Fsp3) is 0.105. The Morgan fingerprint density at radius 1 is 1.08 bits per heavy atom. The Bertz CT molecular complexity index is 921. The Balaban J connectivity index is 1.55. The monoisotopic (exact) mass is 386 g/mol. The largest absolute Gasteiger partial charge is 0.478 e. The fourth-order valence-electron chi connectivity index (χ4n) is 2.31. The minimum atomic E-state index is -0.972. The fourth-order valence-corrected chi connectivity index (χ4v) is 3.26. The summed E-state index contributed by atoms with van der Waals surface area (Å²) < 4.78 is 0. The third-order valence-electron chi connectivity index (χ3n) is 3.68. The van der Waals surface area contributed by atoms with Crippen molar-refractivity contribution >= 4 is 34.8 Å². The lowest BCUT2D eigenvalue weighted by Gasteiger charge is -2.05. The van der Waals surface area contributed by atoms with E-state index < -0.39 is 5.97 Å². The average molecular weight is 387 g/mol. The molecular formula is C19H15ClN2O3S. The lowest BCUT2D eigenvalue weighted by atomic mass is 10.1. The third kappa shape index (κ3) is 4.68. The van der Waals surface area contributed by atoms with Crippen molar-refractivity contribution in [3.8, 4) is 10.6 Å². The van der Waals surface area contributed by atoms with Crippen molar-refractivity contribution in [3.63, 3.8) is 0 Å². The van der Waals surface area contributed by atoms with Gasteiger partial charge < -0.3 is 10.4 Å². The van der Waals surface area contributed by atoms with E-state index in [-0.39, 0.29) is 17.9 Å². The van der Waals surface area contributed by atoms with Gasteiger partial charge in [0.25, 0.3) is 0 Å². The Labute approximate surface area is 159 Å². The van der Waals surface area contributed by atoms with Crippen molar-refractivity contribution in [1.29, 1.82) is 0 Å². The van der Waals surface area contributed by atoms with Crippen LogP contribution in [0.5, 0.6) is 0 Å². The van der Waals surface area contributed by atoms with Crippen LogP contribution in [0.15, 0.2) is 53.9 Å². The highest BCUT2D eigenvalue weighted by molar-refractivity contribution is 7.13. The number of amides is 1. The zero-order valence-corrected chi connectivity index (χ0v) is 15.2. The first-order valence-electron chi connectivity index (χ1n) is 7.80. The van der Waals surface area contributed by atoms with E-state index in [1.165, 1.54) is 23.5 Å². The summed E-state index contributed by atoms with van der Waals surface area (Å²) in [6.07, 6.45) is 0.192. The maximum Gasteiger partial charge on any atom is 0.335 e. The molecule has 5 nitrogen and oxygen atoms in total. The van der Waals surface area contributed by atoms with E-state index in [2.05, 4.69) is 10.3 Å². The number of carboxylic acids is 1. The molecule has 0 aliphatic carbocycles. The minimum Gasteiger partial charge on any atom is -0.478 e. The van der Waals surface area contributed by atoms with Gasteiger partial charge in [0.15, 0.2) is 0 Å². The van der Waals surface area contributed by atoms with Crippen molar-refractivity contribution in [2.75, 3.05) is 0 Å². The number of aromatic nitrogens is 1. The number of hydrogen-bond donors (Lipinski definition) is 2. The van der Waals surface area contributed by atoms with Gasteiger partial charge in [0.1, 0.15) is 5.01 Å². The van der Waals surface area contributed by atoms with E-state index in [4.69, 9.17) is 16.7 Å². The number of carbonyl (C=O) groups is 2. The summed E-state index contributed by atoms with van der Waals surface area (Å²) in [6, 6.07) is 13.8. The Morgan fingerprint density at radius 2 is 1.77 bits per heavy atom. The second-order valence-corrected chi connectivity index (χ2v) is 6.90. The quantitative estimate of drug-likeness (QED) is 0.670. The third-order valence-corrected chi connectivity index (χ3v) is 4.87. The number of carboxylic acid groups (broad SMARTS) is 1. The maximum atomic E-state index is 12.1. The molecule has 0 radical (unpaired) electrons. The van der Waals surface area contributed by atoms with Crippen molar-refractivity contribution in [1.82, 2.24) is 10.3 Å². The summed E-state index contributed by atoms with van der Waals surface area (Å²) in [5.41, 5.74) is 2.73. The second-order valence-electron chi connectivity index (χ2n) is 5.61. The van der Waals surface area contributed by atoms with E-state index in [9.17, 15) is 9.59 Å². The van der Waals surface area contributed by atoms with Crippen molar-refractivity contribution < 1.29 is 14.7 Å². The summed E-state index contributed by atoms with van der Waals surface area (Å²) in [4.78, 5) is 27.4. The van der Waals surface area contributed by atoms with E-state index in [0.29, 0.717) is 17.3 Å². The molecule has 0 atom stereocenters. The number of benzene rings is 2. The van der Waals surface area contributed by atoms with Gasteiger partial charge in [0, 0.05) is 22.5 Å². The smallest absolute Gasteiger partial charge is 0.335 e. The predicted molar refractivity (Wildman–Crippen MR) is 102 cm³/mol. The molecule has 0 spiro atoms. The van der Waals surface area contributed by atoms with E-state index in [1.54, 1.807) is 24.3 Å². The molecule has 0 aliphatic rings. The number of halogens is 1. The van der Waals surface area contributed by atoms with Crippen LogP contribution in [0, 0.1) is 0 Å². The van der Waals surface area contributed by atoms with Crippen molar-refractivity contribution in [2.24, 2.45) is 0 Å². The average Bonchev–Trinajstić information content (AvgIpc) is 3.09. The number of carbonyl (C=O) groups excluding carboxylic acids is 1. The van der Waals surface area contributed by atoms with Gasteiger partial charge in [-0.2, -0.15) is 0 Å². The number of nitrogens with one attached hydrogen (secondary N) is 1. The van der Waals surface area contributed by atoms with Gasteiger partial charge in [0.05, 0.1) is 17.7 Å². The van der Waals surface area contributed by atoms with Gasteiger partial charge in [-0.15, -0.1) is 11.3 Å². The Morgan fingerprint density at radius 3 is 2.42 bits per heavy atom. The first-order chi connectivity index (χ1) is 12.5. The topological polar surface area (TPSA) is 79.3 Å². The predicted octanol–water partition coefficient (Wildman–Crippen LogP) is 4.02. The standard InChI is InChI=1S/C19H15ClN2O3S/c20-15-7-5-13(6-8-15)18-22-16(11-26-18)9-17(23)21-10-12-1-3-14(4-2-12)19(24)25/h1-8,11H,9-10H2,(H,21,23)(H,24,25). The van der Waals surface area contributed by atoms with Gasteiger partial charge >= 0.3 is 5.97 Å². The van der Waals surface area contributed by atoms with Crippen LogP contribution in [-0.4, -0.2) is 22.0 Å². The van der Waals surface area contributed by atoms with Crippen molar-refractivity contribution in [2.45, 2.75) is 13.0 Å². The molecule has 26 heavy (non-hydrogen) atoms. The molecule has 1 aromatic heterocycles. The van der Waals surface area contributed by atoms with Crippen LogP contribution in [-0.2, 0) is 17.8 Å². The minimum absolute atomic E-state index is 0.139. The molecule has 0 fully saturated rings. The summed E-state index contributed by atoms with van der Waals surface area (Å²) in [5.74, 6) is -1.11. The van der Waals surface area contributed by atoms with E-state index >= 15 is 0 Å². The molecule has 1 amide bonds. The molecule has 0 saturated carbocycles. The van der Waals surface area contributed by atoms with Crippen LogP contribution in [0.4, 0.5) is 0 Å². The molecule has 3 rings (SSSR count). The van der Waals surface area contributed by atoms with Gasteiger partial charge in [-0.3, -0.25) is 4.79 Å². The van der Waals surface area contributed by atoms with Crippen LogP contribution in [0.25, 0.3) is 10.6 Å². The molecule has 0 aliphatic heterocycles. The van der Waals surface area contributed by atoms with Crippen LogP contribution < -0.4 is 5.32 Å². The number of hydrogen-bond acceptors (Lipinski definition) is 4. The normalized spacial score (nSPS) is 10.5. The highest BCUT2D eigenvalue weighted by Gasteiger charge is 2.09. The maximum absolute atomic E-state index is 12.1. The lowest BCUT2D eigenvalue weighted by Crippen LogP contribution is -2.24. The number of nitrogens with zero attached hydrogens (tertiary/aromatic N) is 1. The van der Waals surface area contributed by atoms with Gasteiger partial charge in [-0.1, -0.05) is 35.9 Å². The van der Waals surface area contributed by atoms with Gasteiger partial charge in [-0.25, -0.2) is 9.78 Å². The zero-order chi connectivity index (χ0) is 18.5. The molecule has 132 valence electrons. The SMILES string of the molecule is O=C(Cc1csc(-c2ccc(Cl)cc2)n1)NCc1ccc(C(=O)O)cc1. The summed E-state index contributed by atoms with van der Waals surface area (Å²) >= 11 is 7.36. The zero-order valence-electron chi connectivity index (χ0n) is 13.6. The first kappa shape index (κ1) is 18.1. The molecule has 2 aromatic carbocycles. The number of thiazole rings is 1. The van der Waals surface area contributed by atoms with E-state index in [1.807, 2.05) is 17.5 Å². The summed E-state index contributed by atoms with van der Waals surface area (Å²) in [6.45, 7) is 0.340. The van der Waals surface area contributed by atoms with Gasteiger partial charge in [0.2, 0.25) is 5.91 Å².